The average molecular weight is 405 g/mol. The molecule has 1 unspecified atom stereocenters. The van der Waals surface area contributed by atoms with Crippen molar-refractivity contribution in [1.82, 2.24) is 15.3 Å². The summed E-state index contributed by atoms with van der Waals surface area (Å²) in [5, 5.41) is 6.36. The van der Waals surface area contributed by atoms with Crippen molar-refractivity contribution in [1.29, 1.82) is 0 Å². The molecule has 1 atom stereocenters. The number of nitrogens with zero attached hydrogens (tertiary/aromatic N) is 2. The third kappa shape index (κ3) is 2.96. The smallest absolute Gasteiger partial charge is 0.270 e. The van der Waals surface area contributed by atoms with Crippen LogP contribution < -0.4 is 10.6 Å². The maximum Gasteiger partial charge on any atom is 0.270 e. The number of para-hydroxylation sites is 1. The fourth-order valence-electron chi connectivity index (χ4n) is 4.18. The molecule has 5 rings (SSSR count). The van der Waals surface area contributed by atoms with Gasteiger partial charge in [-0.25, -0.2) is 0 Å². The highest BCUT2D eigenvalue weighted by molar-refractivity contribution is 6.30. The Balaban J connectivity index is 1.36. The largest absolute Gasteiger partial charge is 0.345 e. The number of benzene rings is 1. The summed E-state index contributed by atoms with van der Waals surface area (Å²) in [5.74, 6) is -0.267. The van der Waals surface area contributed by atoms with Crippen LogP contribution in [0, 0.1) is 0 Å². The van der Waals surface area contributed by atoms with Crippen LogP contribution in [0.1, 0.15) is 32.9 Å². The zero-order chi connectivity index (χ0) is 20.0. The Morgan fingerprint density at radius 2 is 1.93 bits per heavy atom. The van der Waals surface area contributed by atoms with E-state index in [9.17, 15) is 9.59 Å². The van der Waals surface area contributed by atoms with Gasteiger partial charge < -0.3 is 10.6 Å². The van der Waals surface area contributed by atoms with Crippen LogP contribution in [-0.2, 0) is 29.6 Å². The summed E-state index contributed by atoms with van der Waals surface area (Å²) in [7, 11) is 0. The number of carbonyl (C=O) groups excluding carboxylic acids is 2. The highest BCUT2D eigenvalue weighted by Crippen LogP contribution is 2.47. The van der Waals surface area contributed by atoms with Crippen molar-refractivity contribution in [2.45, 2.75) is 24.8 Å². The van der Waals surface area contributed by atoms with Gasteiger partial charge in [-0.15, -0.1) is 0 Å². The van der Waals surface area contributed by atoms with Gasteiger partial charge in [0.25, 0.3) is 5.91 Å². The fraction of sp³-hybridized carbons (Fsp3) is 0.182. The van der Waals surface area contributed by atoms with Crippen molar-refractivity contribution in [3.63, 3.8) is 0 Å². The van der Waals surface area contributed by atoms with E-state index in [0.717, 1.165) is 22.4 Å². The van der Waals surface area contributed by atoms with Crippen LogP contribution in [0.5, 0.6) is 0 Å². The van der Waals surface area contributed by atoms with Gasteiger partial charge in [-0.2, -0.15) is 0 Å². The monoisotopic (exact) mass is 404 g/mol. The topological polar surface area (TPSA) is 84.0 Å². The molecule has 6 nitrogen and oxygen atoms in total. The zero-order valence-corrected chi connectivity index (χ0v) is 16.2. The molecule has 0 saturated heterocycles. The Morgan fingerprint density at radius 3 is 2.76 bits per heavy atom. The minimum atomic E-state index is -0.608. The minimum Gasteiger partial charge on any atom is -0.345 e. The Morgan fingerprint density at radius 1 is 1.10 bits per heavy atom. The lowest BCUT2D eigenvalue weighted by atomic mass is 9.79. The number of nitrogens with one attached hydrogen (secondary N) is 2. The number of halogens is 1. The van der Waals surface area contributed by atoms with Gasteiger partial charge in [-0.1, -0.05) is 29.8 Å². The van der Waals surface area contributed by atoms with Gasteiger partial charge in [0.2, 0.25) is 5.91 Å². The molecular formula is C22H17ClN4O2. The van der Waals surface area contributed by atoms with Crippen molar-refractivity contribution in [2.75, 3.05) is 5.32 Å². The van der Waals surface area contributed by atoms with E-state index in [1.54, 1.807) is 30.6 Å². The number of anilines is 1. The van der Waals surface area contributed by atoms with Crippen molar-refractivity contribution >= 4 is 29.1 Å². The molecule has 1 spiro atoms. The van der Waals surface area contributed by atoms with Crippen LogP contribution in [-0.4, -0.2) is 21.8 Å². The summed E-state index contributed by atoms with van der Waals surface area (Å²) in [6.07, 6.45) is 4.41. The second-order valence-corrected chi connectivity index (χ2v) is 7.86. The molecule has 1 aliphatic carbocycles. The third-order valence-electron chi connectivity index (χ3n) is 5.64. The molecule has 2 aromatic heterocycles. The van der Waals surface area contributed by atoms with Gasteiger partial charge in [0.15, 0.2) is 0 Å². The van der Waals surface area contributed by atoms with Crippen LogP contribution in [0.25, 0.3) is 0 Å². The first-order valence-electron chi connectivity index (χ1n) is 9.32. The van der Waals surface area contributed by atoms with Gasteiger partial charge in [0.1, 0.15) is 5.69 Å². The fourth-order valence-corrected chi connectivity index (χ4v) is 4.29. The van der Waals surface area contributed by atoms with E-state index < -0.39 is 5.41 Å². The van der Waals surface area contributed by atoms with E-state index in [1.807, 2.05) is 24.3 Å². The quantitative estimate of drug-likeness (QED) is 0.702. The summed E-state index contributed by atoms with van der Waals surface area (Å²) in [6, 6.07) is 13.1. The Labute approximate surface area is 172 Å². The molecule has 1 aliphatic heterocycles. The number of hydrogen-bond donors (Lipinski definition) is 2. The molecule has 2 aliphatic rings. The van der Waals surface area contributed by atoms with Crippen LogP contribution in [0.4, 0.5) is 5.69 Å². The molecule has 3 heterocycles. The number of fused-ring (bicyclic) bond motifs is 3. The predicted molar refractivity (Wildman–Crippen MR) is 109 cm³/mol. The highest BCUT2D eigenvalue weighted by atomic mass is 35.5. The summed E-state index contributed by atoms with van der Waals surface area (Å²) >= 11 is 5.83. The molecule has 29 heavy (non-hydrogen) atoms. The first-order valence-corrected chi connectivity index (χ1v) is 9.70. The van der Waals surface area contributed by atoms with Crippen LogP contribution >= 0.6 is 11.6 Å². The van der Waals surface area contributed by atoms with Crippen LogP contribution in [0.2, 0.25) is 5.02 Å². The number of pyridine rings is 2. The number of carbonyl (C=O) groups is 2. The van der Waals surface area contributed by atoms with Crippen molar-refractivity contribution in [3.05, 3.63) is 88.0 Å². The van der Waals surface area contributed by atoms with Gasteiger partial charge in [-0.3, -0.25) is 19.6 Å². The molecule has 0 saturated carbocycles. The lowest BCUT2D eigenvalue weighted by Gasteiger charge is -2.20. The Bertz CT molecular complexity index is 1150. The van der Waals surface area contributed by atoms with Crippen molar-refractivity contribution < 1.29 is 9.59 Å². The first-order chi connectivity index (χ1) is 14.0. The molecular weight excluding hydrogens is 388 g/mol. The maximum absolute atomic E-state index is 12.8. The van der Waals surface area contributed by atoms with Crippen molar-refractivity contribution in [2.24, 2.45) is 0 Å². The number of amides is 2. The zero-order valence-electron chi connectivity index (χ0n) is 15.4. The molecule has 7 heteroatoms. The van der Waals surface area contributed by atoms with Crippen molar-refractivity contribution in [3.8, 4) is 0 Å². The van der Waals surface area contributed by atoms with Gasteiger partial charge in [0, 0.05) is 18.1 Å². The molecule has 1 aromatic carbocycles. The summed E-state index contributed by atoms with van der Waals surface area (Å²) < 4.78 is 0. The Hall–Kier alpha value is -3.25. The van der Waals surface area contributed by atoms with Crippen LogP contribution in [0.3, 0.4) is 0 Å². The van der Waals surface area contributed by atoms with E-state index in [4.69, 9.17) is 11.6 Å². The second-order valence-electron chi connectivity index (χ2n) is 7.42. The third-order valence-corrected chi connectivity index (χ3v) is 5.87. The van der Waals surface area contributed by atoms with Gasteiger partial charge in [0.05, 0.1) is 22.7 Å². The summed E-state index contributed by atoms with van der Waals surface area (Å²) in [6.45, 7) is 0.286. The van der Waals surface area contributed by atoms with Gasteiger partial charge >= 0.3 is 0 Å². The average Bonchev–Trinajstić information content (AvgIpc) is 3.25. The molecule has 0 fully saturated rings. The van der Waals surface area contributed by atoms with E-state index in [0.29, 0.717) is 29.3 Å². The van der Waals surface area contributed by atoms with E-state index >= 15 is 0 Å². The SMILES string of the molecule is O=C(NCc1ccc(Cl)cn1)c1cc2c(cn1)CC1(C2)C(=O)Nc2ccccc21. The van der Waals surface area contributed by atoms with E-state index in [1.165, 1.54) is 0 Å². The Kier molecular flexibility index (Phi) is 4.10. The predicted octanol–water partition coefficient (Wildman–Crippen LogP) is 3.05. The molecule has 0 radical (unpaired) electrons. The minimum absolute atomic E-state index is 0.00899. The van der Waals surface area contributed by atoms with E-state index in [-0.39, 0.29) is 18.4 Å². The lowest BCUT2D eigenvalue weighted by Crippen LogP contribution is -2.35. The summed E-state index contributed by atoms with van der Waals surface area (Å²) in [4.78, 5) is 33.8. The lowest BCUT2D eigenvalue weighted by molar-refractivity contribution is -0.120. The molecule has 0 bridgehead atoms. The number of hydrogen-bond acceptors (Lipinski definition) is 4. The number of aromatic nitrogens is 2. The second kappa shape index (κ2) is 6.67. The summed E-state index contributed by atoms with van der Waals surface area (Å²) in [5.41, 5.74) is 4.31. The van der Waals surface area contributed by atoms with Gasteiger partial charge in [-0.05, 0) is 53.8 Å². The number of rotatable bonds is 3. The maximum atomic E-state index is 12.8. The molecule has 2 amide bonds. The molecule has 2 N–H and O–H groups in total. The standard InChI is InChI=1S/C22H17ClN4O2/c23-15-5-6-16(24-11-15)12-26-20(28)19-7-13-8-22(9-14(13)10-25-19)17-3-1-2-4-18(17)27-21(22)29/h1-7,10-11H,8-9,12H2,(H,26,28)(H,27,29). The molecule has 144 valence electrons. The normalized spacial score (nSPS) is 19.0. The first kappa shape index (κ1) is 17.8. The highest BCUT2D eigenvalue weighted by Gasteiger charge is 2.50. The van der Waals surface area contributed by atoms with Crippen LogP contribution in [0.15, 0.2) is 54.9 Å². The van der Waals surface area contributed by atoms with E-state index in [2.05, 4.69) is 20.6 Å². The molecule has 3 aromatic rings.